The summed E-state index contributed by atoms with van der Waals surface area (Å²) >= 11 is 0. The first-order valence-corrected chi connectivity index (χ1v) is 3.68. The van der Waals surface area contributed by atoms with Crippen molar-refractivity contribution < 1.29 is 0 Å². The summed E-state index contributed by atoms with van der Waals surface area (Å²) in [5, 5.41) is 4.19. The predicted octanol–water partition coefficient (Wildman–Crippen LogP) is 1.15. The second-order valence-electron chi connectivity index (χ2n) is 2.93. The van der Waals surface area contributed by atoms with Gasteiger partial charge in [0.1, 0.15) is 6.67 Å². The van der Waals surface area contributed by atoms with Crippen LogP contribution in [0.3, 0.4) is 0 Å². The molecule has 0 fully saturated rings. The van der Waals surface area contributed by atoms with Crippen molar-refractivity contribution in [3.8, 4) is 0 Å². The monoisotopic (exact) mass is 149 g/mol. The fourth-order valence-corrected chi connectivity index (χ4v) is 1.43. The number of fused-ring (bicyclic) bond motifs is 1. The maximum absolute atomic E-state index is 4.19. The zero-order valence-corrected chi connectivity index (χ0v) is 6.78. The lowest BCUT2D eigenvalue weighted by Crippen LogP contribution is -2.22. The molecule has 0 aliphatic carbocycles. The first-order chi connectivity index (χ1) is 5.27. The van der Waals surface area contributed by atoms with Gasteiger partial charge >= 0.3 is 0 Å². The van der Waals surface area contributed by atoms with Crippen LogP contribution in [0.2, 0.25) is 0 Å². The van der Waals surface area contributed by atoms with E-state index in [1.807, 2.05) is 24.0 Å². The van der Waals surface area contributed by atoms with Crippen molar-refractivity contribution in [2.75, 3.05) is 7.05 Å². The number of aromatic nitrogens is 2. The summed E-state index contributed by atoms with van der Waals surface area (Å²) in [7, 11) is 2.05. The van der Waals surface area contributed by atoms with Crippen LogP contribution in [0.5, 0.6) is 0 Å². The molecule has 11 heavy (non-hydrogen) atoms. The Bertz CT molecular complexity index is 298. The van der Waals surface area contributed by atoms with E-state index in [0.717, 1.165) is 6.67 Å². The topological polar surface area (TPSA) is 21.1 Å². The molecular formula is C8H11N3. The first kappa shape index (κ1) is 6.46. The van der Waals surface area contributed by atoms with E-state index in [2.05, 4.69) is 23.1 Å². The minimum absolute atomic E-state index is 0.861. The Labute approximate surface area is 65.9 Å². The summed E-state index contributed by atoms with van der Waals surface area (Å²) in [6.45, 7) is 2.96. The van der Waals surface area contributed by atoms with Crippen LogP contribution < -0.4 is 0 Å². The maximum Gasteiger partial charge on any atom is 0.112 e. The highest BCUT2D eigenvalue weighted by molar-refractivity contribution is 5.60. The molecule has 0 amide bonds. The molecule has 0 aromatic carbocycles. The molecule has 2 rings (SSSR count). The van der Waals surface area contributed by atoms with E-state index >= 15 is 0 Å². The molecule has 0 saturated carbocycles. The van der Waals surface area contributed by atoms with Gasteiger partial charge in [-0.15, -0.1) is 0 Å². The molecule has 0 atom stereocenters. The third-order valence-electron chi connectivity index (χ3n) is 1.89. The van der Waals surface area contributed by atoms with Crippen LogP contribution in [0.4, 0.5) is 0 Å². The second kappa shape index (κ2) is 2.12. The van der Waals surface area contributed by atoms with E-state index in [-0.39, 0.29) is 0 Å². The Balaban J connectivity index is 2.50. The van der Waals surface area contributed by atoms with Gasteiger partial charge in [-0.1, -0.05) is 0 Å². The average Bonchev–Trinajstić information content (AvgIpc) is 2.34. The molecular weight excluding hydrogens is 138 g/mol. The lowest BCUT2D eigenvalue weighted by atomic mass is 10.2. The van der Waals surface area contributed by atoms with Crippen LogP contribution in [0, 0.1) is 0 Å². The van der Waals surface area contributed by atoms with Crippen molar-refractivity contribution in [3.63, 3.8) is 0 Å². The van der Waals surface area contributed by atoms with Gasteiger partial charge in [-0.3, -0.25) is 0 Å². The van der Waals surface area contributed by atoms with Gasteiger partial charge in [-0.25, -0.2) is 4.68 Å². The molecule has 3 nitrogen and oxygen atoms in total. The smallest absolute Gasteiger partial charge is 0.112 e. The van der Waals surface area contributed by atoms with E-state index < -0.39 is 0 Å². The molecule has 58 valence electrons. The van der Waals surface area contributed by atoms with Crippen LogP contribution in [0.25, 0.3) is 5.57 Å². The molecule has 0 N–H and O–H groups in total. The lowest BCUT2D eigenvalue weighted by Gasteiger charge is -2.22. The second-order valence-corrected chi connectivity index (χ2v) is 2.93. The summed E-state index contributed by atoms with van der Waals surface area (Å²) in [4.78, 5) is 2.12. The SMILES string of the molecule is CC1=CN(C)Cn2nccc21. The van der Waals surface area contributed by atoms with Gasteiger partial charge < -0.3 is 4.90 Å². The maximum atomic E-state index is 4.19. The fourth-order valence-electron chi connectivity index (χ4n) is 1.43. The summed E-state index contributed by atoms with van der Waals surface area (Å²) in [6, 6.07) is 2.04. The number of hydrogen-bond acceptors (Lipinski definition) is 2. The third-order valence-corrected chi connectivity index (χ3v) is 1.89. The molecule has 3 heteroatoms. The highest BCUT2D eigenvalue weighted by Gasteiger charge is 2.10. The van der Waals surface area contributed by atoms with Crippen LogP contribution in [0.15, 0.2) is 18.5 Å². The van der Waals surface area contributed by atoms with Crippen molar-refractivity contribution >= 4 is 5.57 Å². The Morgan fingerprint density at radius 3 is 3.18 bits per heavy atom. The van der Waals surface area contributed by atoms with Gasteiger partial charge in [0.2, 0.25) is 0 Å². The van der Waals surface area contributed by atoms with Crippen molar-refractivity contribution in [2.45, 2.75) is 13.6 Å². The molecule has 0 bridgehead atoms. The van der Waals surface area contributed by atoms with E-state index in [0.29, 0.717) is 0 Å². The fraction of sp³-hybridized carbons (Fsp3) is 0.375. The predicted molar refractivity (Wildman–Crippen MR) is 43.6 cm³/mol. The first-order valence-electron chi connectivity index (χ1n) is 3.68. The summed E-state index contributed by atoms with van der Waals surface area (Å²) in [6.07, 6.45) is 3.98. The van der Waals surface area contributed by atoms with Crippen molar-refractivity contribution in [2.24, 2.45) is 0 Å². The van der Waals surface area contributed by atoms with Crippen LogP contribution in [0.1, 0.15) is 12.6 Å². The van der Waals surface area contributed by atoms with Crippen LogP contribution >= 0.6 is 0 Å². The standard InChI is InChI=1S/C8H11N3/c1-7-5-10(2)6-11-8(7)3-4-9-11/h3-5H,6H2,1-2H3. The summed E-state index contributed by atoms with van der Waals surface area (Å²) in [5.74, 6) is 0. The normalized spacial score (nSPS) is 16.2. The molecule has 1 aliphatic heterocycles. The Morgan fingerprint density at radius 1 is 1.55 bits per heavy atom. The van der Waals surface area contributed by atoms with E-state index in [1.165, 1.54) is 11.3 Å². The van der Waals surface area contributed by atoms with Gasteiger partial charge in [0.15, 0.2) is 0 Å². The Morgan fingerprint density at radius 2 is 2.36 bits per heavy atom. The van der Waals surface area contributed by atoms with E-state index in [4.69, 9.17) is 0 Å². The third kappa shape index (κ3) is 0.926. The van der Waals surface area contributed by atoms with Crippen LogP contribution in [-0.4, -0.2) is 21.7 Å². The van der Waals surface area contributed by atoms with Crippen molar-refractivity contribution in [1.29, 1.82) is 0 Å². The van der Waals surface area contributed by atoms with Gasteiger partial charge in [0.05, 0.1) is 5.69 Å². The summed E-state index contributed by atoms with van der Waals surface area (Å²) in [5.41, 5.74) is 2.50. The molecule has 0 radical (unpaired) electrons. The largest absolute Gasteiger partial charge is 0.361 e. The number of hydrogen-bond donors (Lipinski definition) is 0. The highest BCUT2D eigenvalue weighted by atomic mass is 15.4. The molecule has 1 aromatic rings. The molecule has 1 aromatic heterocycles. The number of rotatable bonds is 0. The zero-order valence-electron chi connectivity index (χ0n) is 6.78. The molecule has 1 aliphatic rings. The molecule has 0 unspecified atom stereocenters. The van der Waals surface area contributed by atoms with Gasteiger partial charge in [0, 0.05) is 19.4 Å². The molecule has 0 saturated heterocycles. The average molecular weight is 149 g/mol. The van der Waals surface area contributed by atoms with E-state index in [9.17, 15) is 0 Å². The van der Waals surface area contributed by atoms with Crippen LogP contribution in [-0.2, 0) is 6.67 Å². The van der Waals surface area contributed by atoms with E-state index in [1.54, 1.807) is 0 Å². The lowest BCUT2D eigenvalue weighted by molar-refractivity contribution is 0.330. The number of allylic oxidation sites excluding steroid dienone is 1. The highest BCUT2D eigenvalue weighted by Crippen LogP contribution is 2.18. The van der Waals surface area contributed by atoms with Gasteiger partial charge in [-0.05, 0) is 18.6 Å². The van der Waals surface area contributed by atoms with Crippen molar-refractivity contribution in [3.05, 3.63) is 24.2 Å². The minimum atomic E-state index is 0.861. The number of nitrogens with zero attached hydrogens (tertiary/aromatic N) is 3. The molecule has 2 heterocycles. The van der Waals surface area contributed by atoms with Crippen molar-refractivity contribution in [1.82, 2.24) is 14.7 Å². The van der Waals surface area contributed by atoms with Gasteiger partial charge in [-0.2, -0.15) is 5.10 Å². The summed E-state index contributed by atoms with van der Waals surface area (Å²) < 4.78 is 2.00. The zero-order chi connectivity index (χ0) is 7.84. The Hall–Kier alpha value is -1.25. The van der Waals surface area contributed by atoms with Gasteiger partial charge in [0.25, 0.3) is 0 Å². The Kier molecular flexibility index (Phi) is 1.24. The quantitative estimate of drug-likeness (QED) is 0.551. The molecule has 0 spiro atoms. The minimum Gasteiger partial charge on any atom is -0.361 e.